The second-order valence-corrected chi connectivity index (χ2v) is 7.52. The molecule has 2 rings (SSSR count). The van der Waals surface area contributed by atoms with Gasteiger partial charge in [0.15, 0.2) is 0 Å². The first-order valence-electron chi connectivity index (χ1n) is 4.53. The van der Waals surface area contributed by atoms with Crippen molar-refractivity contribution >= 4 is 26.0 Å². The van der Waals surface area contributed by atoms with Crippen LogP contribution in [0.5, 0.6) is 5.75 Å². The van der Waals surface area contributed by atoms with Gasteiger partial charge in [-0.3, -0.25) is 0 Å². The summed E-state index contributed by atoms with van der Waals surface area (Å²) >= 11 is -0.556. The van der Waals surface area contributed by atoms with Gasteiger partial charge in [-0.25, -0.2) is 0 Å². The molecule has 0 fully saturated rings. The molecule has 0 radical (unpaired) electrons. The Bertz CT molecular complexity index is 416. The molecule has 0 aliphatic carbocycles. The molecule has 1 heterocycles. The molecular formula is C12H11BiO. The van der Waals surface area contributed by atoms with Gasteiger partial charge >= 0.3 is 95.1 Å². The number of aromatic hydroxyl groups is 1. The fourth-order valence-electron chi connectivity index (χ4n) is 1.36. The molecule has 0 spiro atoms. The predicted octanol–water partition coefficient (Wildman–Crippen LogP) is 1.89. The molecule has 0 saturated carbocycles. The van der Waals surface area contributed by atoms with E-state index in [1.54, 1.807) is 6.07 Å². The zero-order chi connectivity index (χ0) is 9.80. The van der Waals surface area contributed by atoms with E-state index in [1.165, 1.54) is 3.21 Å². The number of rotatable bonds is 2. The van der Waals surface area contributed by atoms with Crippen LogP contribution >= 0.6 is 0 Å². The summed E-state index contributed by atoms with van der Waals surface area (Å²) in [7, 11) is 0. The van der Waals surface area contributed by atoms with Crippen LogP contribution in [0.25, 0.3) is 0 Å². The quantitative estimate of drug-likeness (QED) is 0.778. The minimum absolute atomic E-state index is 0.421. The summed E-state index contributed by atoms with van der Waals surface area (Å²) < 4.78 is 3.84. The molecule has 1 nitrogen and oxygen atoms in total. The molecule has 0 bridgehead atoms. The van der Waals surface area contributed by atoms with Crippen molar-refractivity contribution in [2.75, 3.05) is 0 Å². The molecule has 1 N–H and O–H groups in total. The van der Waals surface area contributed by atoms with Gasteiger partial charge in [-0.15, -0.1) is 0 Å². The van der Waals surface area contributed by atoms with Crippen molar-refractivity contribution in [2.45, 2.75) is 6.42 Å². The van der Waals surface area contributed by atoms with Crippen LogP contribution in [0, 0.1) is 0 Å². The van der Waals surface area contributed by atoms with Gasteiger partial charge in [-0.05, 0) is 0 Å². The number of allylic oxidation sites excluding steroid dienone is 3. The molecule has 14 heavy (non-hydrogen) atoms. The molecule has 1 aliphatic heterocycles. The van der Waals surface area contributed by atoms with E-state index >= 15 is 0 Å². The molecule has 1 aromatic carbocycles. The van der Waals surface area contributed by atoms with Gasteiger partial charge in [0.2, 0.25) is 0 Å². The summed E-state index contributed by atoms with van der Waals surface area (Å²) in [6.45, 7) is 0. The number of phenols is 1. The first-order chi connectivity index (χ1) is 6.86. The van der Waals surface area contributed by atoms with Crippen LogP contribution in [-0.2, 0) is 6.42 Å². The number of para-hydroxylation sites is 1. The average Bonchev–Trinajstić information content (AvgIpc) is 2.23. The maximum absolute atomic E-state index is 9.61. The van der Waals surface area contributed by atoms with E-state index < -0.39 is 22.8 Å². The van der Waals surface area contributed by atoms with Crippen LogP contribution in [0.15, 0.2) is 46.3 Å². The van der Waals surface area contributed by atoms with Gasteiger partial charge in [0.1, 0.15) is 0 Å². The van der Waals surface area contributed by atoms with E-state index in [-0.39, 0.29) is 0 Å². The van der Waals surface area contributed by atoms with Crippen LogP contribution in [0.1, 0.15) is 5.56 Å². The summed E-state index contributed by atoms with van der Waals surface area (Å²) in [5, 5.41) is 9.61. The van der Waals surface area contributed by atoms with Gasteiger partial charge < -0.3 is 0 Å². The van der Waals surface area contributed by atoms with Crippen molar-refractivity contribution in [3.05, 3.63) is 51.8 Å². The molecule has 2 heteroatoms. The Morgan fingerprint density at radius 2 is 2.00 bits per heavy atom. The third-order valence-electron chi connectivity index (χ3n) is 2.09. The van der Waals surface area contributed by atoms with E-state index in [2.05, 4.69) is 22.0 Å². The molecule has 0 unspecified atom stereocenters. The number of benzene rings is 1. The Kier molecular flexibility index (Phi) is 3.26. The molecule has 1 aliphatic rings. The molecule has 0 saturated heterocycles. The van der Waals surface area contributed by atoms with Crippen molar-refractivity contribution in [1.29, 1.82) is 0 Å². The van der Waals surface area contributed by atoms with Crippen molar-refractivity contribution in [3.8, 4) is 5.75 Å². The van der Waals surface area contributed by atoms with Crippen LogP contribution in [0.4, 0.5) is 0 Å². The van der Waals surface area contributed by atoms with Gasteiger partial charge in [0, 0.05) is 0 Å². The monoisotopic (exact) mass is 380 g/mol. The van der Waals surface area contributed by atoms with Gasteiger partial charge in [-0.1, -0.05) is 0 Å². The Labute approximate surface area is 94.8 Å². The minimum atomic E-state index is -0.556. The zero-order valence-electron chi connectivity index (χ0n) is 7.72. The third kappa shape index (κ3) is 2.39. The van der Waals surface area contributed by atoms with Crippen LogP contribution in [0.2, 0.25) is 0 Å². The zero-order valence-corrected chi connectivity index (χ0v) is 11.2. The summed E-state index contributed by atoms with van der Waals surface area (Å²) in [6, 6.07) is 7.59. The Morgan fingerprint density at radius 3 is 2.71 bits per heavy atom. The van der Waals surface area contributed by atoms with Gasteiger partial charge in [0.05, 0.1) is 0 Å². The van der Waals surface area contributed by atoms with Gasteiger partial charge in [0.25, 0.3) is 0 Å². The molecule has 0 amide bonds. The van der Waals surface area contributed by atoms with Gasteiger partial charge in [-0.2, -0.15) is 0 Å². The van der Waals surface area contributed by atoms with E-state index in [9.17, 15) is 5.11 Å². The van der Waals surface area contributed by atoms with E-state index in [0.29, 0.717) is 5.75 Å². The Balaban J connectivity index is 2.19. The fourth-order valence-corrected chi connectivity index (χ4v) is 4.51. The Morgan fingerprint density at radius 1 is 1.14 bits per heavy atom. The second-order valence-electron chi connectivity index (χ2n) is 3.13. The van der Waals surface area contributed by atoms with Crippen LogP contribution in [-0.4, -0.2) is 31.1 Å². The SMILES string of the molecule is Oc1ccccc1C[C]1=[Bi][CH]=CC=C1. The van der Waals surface area contributed by atoms with Crippen LogP contribution < -0.4 is 0 Å². The van der Waals surface area contributed by atoms with E-state index in [1.807, 2.05) is 18.2 Å². The van der Waals surface area contributed by atoms with Crippen LogP contribution in [0.3, 0.4) is 0 Å². The fraction of sp³-hybridized carbons (Fsp3) is 0.0833. The molecule has 70 valence electrons. The van der Waals surface area contributed by atoms with E-state index in [4.69, 9.17) is 0 Å². The maximum atomic E-state index is 9.61. The standard InChI is InChI=1S/C12H11O.Bi/c1-2-3-4-5-8-11-9-6-7-10-12(11)13;/h1-4,6-7,9-10,13H,8H2;. The first-order valence-corrected chi connectivity index (χ1v) is 8.27. The summed E-state index contributed by atoms with van der Waals surface area (Å²) in [4.78, 5) is 0. The van der Waals surface area contributed by atoms with Crippen molar-refractivity contribution in [1.82, 2.24) is 0 Å². The first kappa shape index (κ1) is 9.79. The number of phenolic OH excluding ortho intramolecular Hbond substituents is 1. The average molecular weight is 380 g/mol. The van der Waals surface area contributed by atoms with E-state index in [0.717, 1.165) is 12.0 Å². The van der Waals surface area contributed by atoms with Crippen molar-refractivity contribution in [2.24, 2.45) is 0 Å². The topological polar surface area (TPSA) is 20.2 Å². The number of hydrogen-bond donors (Lipinski definition) is 1. The molecular weight excluding hydrogens is 369 g/mol. The predicted molar refractivity (Wildman–Crippen MR) is 60.9 cm³/mol. The summed E-state index contributed by atoms with van der Waals surface area (Å²) in [5.41, 5.74) is 1.05. The van der Waals surface area contributed by atoms with Crippen molar-refractivity contribution in [3.63, 3.8) is 0 Å². The van der Waals surface area contributed by atoms with Crippen molar-refractivity contribution < 1.29 is 5.11 Å². The summed E-state index contributed by atoms with van der Waals surface area (Å²) in [5.74, 6) is 0.421. The molecule has 1 aromatic rings. The molecule has 0 atom stereocenters. The number of hydrogen-bond acceptors (Lipinski definition) is 1. The third-order valence-corrected chi connectivity index (χ3v) is 5.82. The Hall–Kier alpha value is -0.747. The summed E-state index contributed by atoms with van der Waals surface area (Å²) in [6.07, 6.45) is 7.33. The molecule has 0 aromatic heterocycles. The second kappa shape index (κ2) is 4.66. The normalized spacial score (nSPS) is 14.1.